The van der Waals surface area contributed by atoms with Gasteiger partial charge in [-0.25, -0.2) is 0 Å². The monoisotopic (exact) mass is 228 g/mol. The van der Waals surface area contributed by atoms with E-state index in [2.05, 4.69) is 17.2 Å². The van der Waals surface area contributed by atoms with Crippen LogP contribution in [0, 0.1) is 5.92 Å². The van der Waals surface area contributed by atoms with E-state index in [-0.39, 0.29) is 0 Å². The van der Waals surface area contributed by atoms with Crippen LogP contribution in [-0.4, -0.2) is 36.7 Å². The minimum absolute atomic E-state index is 0.642. The van der Waals surface area contributed by atoms with Crippen LogP contribution < -0.4 is 5.32 Å². The number of hydrogen-bond acceptors (Lipinski definition) is 3. The van der Waals surface area contributed by atoms with Crippen LogP contribution in [0.3, 0.4) is 0 Å². The molecule has 3 nitrogen and oxygen atoms in total. The molecule has 0 aromatic heterocycles. The van der Waals surface area contributed by atoms with Crippen molar-refractivity contribution in [1.82, 2.24) is 5.32 Å². The predicted molar refractivity (Wildman–Crippen MR) is 65.5 cm³/mol. The average Bonchev–Trinajstić information content (AvgIpc) is 2.88. The van der Waals surface area contributed by atoms with Crippen LogP contribution >= 0.6 is 11.8 Å². The van der Waals surface area contributed by atoms with Gasteiger partial charge >= 0.3 is 0 Å². The SMILES string of the molecule is CCC1CSC(=NCCC2CCOC2)N1. The number of nitrogens with one attached hydrogen (secondary N) is 1. The summed E-state index contributed by atoms with van der Waals surface area (Å²) in [6.07, 6.45) is 3.61. The standard InChI is InChI=1S/C11H20N2OS/c1-2-10-8-15-11(13-10)12-5-3-9-4-6-14-7-9/h9-10H,2-8H2,1H3,(H,12,13). The lowest BCUT2D eigenvalue weighted by Gasteiger charge is -2.06. The van der Waals surface area contributed by atoms with Gasteiger partial charge in [-0.05, 0) is 25.2 Å². The number of hydrogen-bond donors (Lipinski definition) is 1. The first kappa shape index (κ1) is 11.3. The van der Waals surface area contributed by atoms with E-state index < -0.39 is 0 Å². The van der Waals surface area contributed by atoms with Gasteiger partial charge in [0.15, 0.2) is 5.17 Å². The molecule has 2 aliphatic heterocycles. The minimum atomic E-state index is 0.642. The molecule has 2 fully saturated rings. The van der Waals surface area contributed by atoms with E-state index in [1.54, 1.807) is 0 Å². The Bertz CT molecular complexity index is 227. The molecule has 2 heterocycles. The summed E-state index contributed by atoms with van der Waals surface area (Å²) >= 11 is 1.87. The lowest BCUT2D eigenvalue weighted by atomic mass is 10.1. The first-order valence-corrected chi connectivity index (χ1v) is 6.88. The summed E-state index contributed by atoms with van der Waals surface area (Å²) in [4.78, 5) is 4.60. The zero-order valence-corrected chi connectivity index (χ0v) is 10.2. The maximum Gasteiger partial charge on any atom is 0.156 e. The van der Waals surface area contributed by atoms with E-state index in [9.17, 15) is 0 Å². The van der Waals surface area contributed by atoms with Crippen molar-refractivity contribution in [1.29, 1.82) is 0 Å². The van der Waals surface area contributed by atoms with Gasteiger partial charge in [0.05, 0.1) is 0 Å². The van der Waals surface area contributed by atoms with Gasteiger partial charge < -0.3 is 10.1 Å². The van der Waals surface area contributed by atoms with Crippen LogP contribution in [0.4, 0.5) is 0 Å². The third kappa shape index (κ3) is 3.38. The average molecular weight is 228 g/mol. The third-order valence-electron chi connectivity index (χ3n) is 3.06. The lowest BCUT2D eigenvalue weighted by molar-refractivity contribution is 0.184. The molecule has 0 amide bonds. The van der Waals surface area contributed by atoms with E-state index in [1.165, 1.54) is 25.0 Å². The molecule has 2 unspecified atom stereocenters. The summed E-state index contributed by atoms with van der Waals surface area (Å²) in [5.74, 6) is 1.93. The Kier molecular flexibility index (Phi) is 4.32. The highest BCUT2D eigenvalue weighted by Gasteiger charge is 2.18. The maximum atomic E-state index is 5.34. The van der Waals surface area contributed by atoms with Crippen LogP contribution in [-0.2, 0) is 4.74 Å². The Hall–Kier alpha value is -0.220. The summed E-state index contributed by atoms with van der Waals surface area (Å²) in [7, 11) is 0. The first-order valence-electron chi connectivity index (χ1n) is 5.90. The molecule has 0 aromatic rings. The van der Waals surface area contributed by atoms with Crippen molar-refractivity contribution in [2.45, 2.75) is 32.2 Å². The molecular weight excluding hydrogens is 208 g/mol. The minimum Gasteiger partial charge on any atom is -0.381 e. The lowest BCUT2D eigenvalue weighted by Crippen LogP contribution is -2.26. The van der Waals surface area contributed by atoms with Crippen molar-refractivity contribution in [2.75, 3.05) is 25.5 Å². The van der Waals surface area contributed by atoms with Crippen LogP contribution in [0.1, 0.15) is 26.2 Å². The Balaban J connectivity index is 1.65. The van der Waals surface area contributed by atoms with E-state index in [0.717, 1.165) is 30.8 Å². The highest BCUT2D eigenvalue weighted by molar-refractivity contribution is 8.14. The van der Waals surface area contributed by atoms with Gasteiger partial charge in [0.2, 0.25) is 0 Å². The molecule has 0 saturated carbocycles. The molecule has 2 saturated heterocycles. The van der Waals surface area contributed by atoms with Gasteiger partial charge in [0.25, 0.3) is 0 Å². The second-order valence-electron chi connectivity index (χ2n) is 4.27. The molecule has 4 heteroatoms. The molecule has 0 radical (unpaired) electrons. The predicted octanol–water partition coefficient (Wildman–Crippen LogP) is 1.88. The number of rotatable bonds is 4. The Labute approximate surface area is 96.1 Å². The van der Waals surface area contributed by atoms with Gasteiger partial charge in [-0.1, -0.05) is 18.7 Å². The number of thioether (sulfide) groups is 1. The quantitative estimate of drug-likeness (QED) is 0.797. The Morgan fingerprint density at radius 3 is 3.20 bits per heavy atom. The third-order valence-corrected chi connectivity index (χ3v) is 4.15. The number of nitrogens with zero attached hydrogens (tertiary/aromatic N) is 1. The topological polar surface area (TPSA) is 33.6 Å². The summed E-state index contributed by atoms with van der Waals surface area (Å²) in [5, 5.41) is 4.60. The van der Waals surface area contributed by atoms with Gasteiger partial charge in [-0.2, -0.15) is 0 Å². The fraction of sp³-hybridized carbons (Fsp3) is 0.909. The largest absolute Gasteiger partial charge is 0.381 e. The van der Waals surface area contributed by atoms with Crippen LogP contribution in [0.5, 0.6) is 0 Å². The molecular formula is C11H20N2OS. The summed E-state index contributed by atoms with van der Waals surface area (Å²) in [5.41, 5.74) is 0. The van der Waals surface area contributed by atoms with E-state index in [0.29, 0.717) is 6.04 Å². The summed E-state index contributed by atoms with van der Waals surface area (Å²) in [6, 6.07) is 0.642. The Morgan fingerprint density at radius 1 is 1.60 bits per heavy atom. The van der Waals surface area contributed by atoms with Gasteiger partial charge in [0, 0.05) is 31.6 Å². The molecule has 1 N–H and O–H groups in total. The van der Waals surface area contributed by atoms with Gasteiger partial charge in [-0.3, -0.25) is 4.99 Å². The second kappa shape index (κ2) is 5.75. The normalized spacial score (nSPS) is 33.5. The summed E-state index contributed by atoms with van der Waals surface area (Å²) in [6.45, 7) is 5.08. The smallest absolute Gasteiger partial charge is 0.156 e. The van der Waals surface area contributed by atoms with E-state index >= 15 is 0 Å². The molecule has 0 spiro atoms. The molecule has 0 aliphatic carbocycles. The van der Waals surface area contributed by atoms with Gasteiger partial charge in [0.1, 0.15) is 0 Å². The van der Waals surface area contributed by atoms with Crippen molar-refractivity contribution in [3.05, 3.63) is 0 Å². The van der Waals surface area contributed by atoms with Gasteiger partial charge in [-0.15, -0.1) is 0 Å². The first-order chi connectivity index (χ1) is 7.38. The fourth-order valence-corrected chi connectivity index (χ4v) is 3.02. The van der Waals surface area contributed by atoms with Crippen LogP contribution in [0.15, 0.2) is 4.99 Å². The molecule has 86 valence electrons. The number of ether oxygens (including phenoxy) is 1. The molecule has 2 atom stereocenters. The molecule has 2 aliphatic rings. The van der Waals surface area contributed by atoms with E-state index in [1.807, 2.05) is 11.8 Å². The number of amidine groups is 1. The molecule has 2 rings (SSSR count). The van der Waals surface area contributed by atoms with Crippen molar-refractivity contribution in [3.8, 4) is 0 Å². The molecule has 15 heavy (non-hydrogen) atoms. The highest BCUT2D eigenvalue weighted by atomic mass is 32.2. The highest BCUT2D eigenvalue weighted by Crippen LogP contribution is 2.18. The summed E-state index contributed by atoms with van der Waals surface area (Å²) < 4.78 is 5.34. The van der Waals surface area contributed by atoms with Crippen molar-refractivity contribution < 1.29 is 4.74 Å². The van der Waals surface area contributed by atoms with Crippen molar-refractivity contribution in [2.24, 2.45) is 10.9 Å². The zero-order chi connectivity index (χ0) is 10.5. The van der Waals surface area contributed by atoms with Crippen LogP contribution in [0.25, 0.3) is 0 Å². The second-order valence-corrected chi connectivity index (χ2v) is 5.27. The molecule has 0 aromatic carbocycles. The van der Waals surface area contributed by atoms with Crippen LogP contribution in [0.2, 0.25) is 0 Å². The van der Waals surface area contributed by atoms with E-state index in [4.69, 9.17) is 4.74 Å². The van der Waals surface area contributed by atoms with Crippen molar-refractivity contribution >= 4 is 16.9 Å². The fourth-order valence-electron chi connectivity index (χ4n) is 1.91. The molecule has 0 bridgehead atoms. The Morgan fingerprint density at radius 2 is 2.53 bits per heavy atom. The van der Waals surface area contributed by atoms with Crippen molar-refractivity contribution in [3.63, 3.8) is 0 Å². The maximum absolute atomic E-state index is 5.34. The number of aliphatic imine (C=N–C) groups is 1. The zero-order valence-electron chi connectivity index (χ0n) is 9.37.